The second-order valence-electron chi connectivity index (χ2n) is 11.1. The molecule has 1 aliphatic carbocycles. The summed E-state index contributed by atoms with van der Waals surface area (Å²) in [6.07, 6.45) is 5.14. The van der Waals surface area contributed by atoms with E-state index in [-0.39, 0.29) is 25.0 Å². The molecule has 4 N–H and O–H groups in total. The Hall–Kier alpha value is -2.77. The van der Waals surface area contributed by atoms with Crippen molar-refractivity contribution in [3.63, 3.8) is 0 Å². The minimum absolute atomic E-state index is 0.00105. The van der Waals surface area contributed by atoms with Crippen molar-refractivity contribution in [3.05, 3.63) is 0 Å². The monoisotopic (exact) mass is 616 g/mol. The molecule has 0 saturated heterocycles. The summed E-state index contributed by atoms with van der Waals surface area (Å²) in [6.45, 7) is 5.65. The van der Waals surface area contributed by atoms with Gasteiger partial charge in [0.05, 0.1) is 31.5 Å². The second-order valence-corrected chi connectivity index (χ2v) is 11.1. The number of carbonyl (C=O) groups excluding carboxylic acids is 5. The largest absolute Gasteiger partial charge is 0.465 e. The highest BCUT2D eigenvalue weighted by Crippen LogP contribution is 2.33. The Morgan fingerprint density at radius 2 is 1.42 bits per heavy atom. The van der Waals surface area contributed by atoms with Crippen LogP contribution in [0.5, 0.6) is 0 Å². The second kappa shape index (κ2) is 21.8. The number of aliphatic hydroxyl groups is 2. The number of hydrogen-bond acceptors (Lipinski definition) is 11. The van der Waals surface area contributed by atoms with Gasteiger partial charge in [0.15, 0.2) is 6.10 Å². The average molecular weight is 617 g/mol. The smallest absolute Gasteiger partial charge is 0.303 e. The van der Waals surface area contributed by atoms with E-state index < -0.39 is 54.3 Å². The Morgan fingerprint density at radius 1 is 0.814 bits per heavy atom. The van der Waals surface area contributed by atoms with Gasteiger partial charge in [-0.15, -0.1) is 0 Å². The van der Waals surface area contributed by atoms with E-state index in [2.05, 4.69) is 10.6 Å². The first-order valence-corrected chi connectivity index (χ1v) is 15.4. The Bertz CT molecular complexity index is 869. The van der Waals surface area contributed by atoms with E-state index in [0.717, 1.165) is 44.9 Å². The fourth-order valence-corrected chi connectivity index (χ4v) is 5.17. The van der Waals surface area contributed by atoms with Crippen LogP contribution in [0.2, 0.25) is 0 Å². The normalized spacial score (nSPS) is 22.2. The number of hydrogen-bond donors (Lipinski definition) is 4. The number of rotatable bonds is 21. The predicted molar refractivity (Wildman–Crippen MR) is 155 cm³/mol. The first-order valence-electron chi connectivity index (χ1n) is 15.4. The highest BCUT2D eigenvalue weighted by Gasteiger charge is 2.50. The van der Waals surface area contributed by atoms with Crippen LogP contribution in [0.4, 0.5) is 0 Å². The van der Waals surface area contributed by atoms with Gasteiger partial charge < -0.3 is 39.8 Å². The summed E-state index contributed by atoms with van der Waals surface area (Å²) in [5.41, 5.74) is 0. The Balaban J connectivity index is 2.50. The minimum Gasteiger partial charge on any atom is -0.465 e. The Morgan fingerprint density at radius 3 is 2.00 bits per heavy atom. The molecule has 0 aromatic carbocycles. The number of carbonyl (C=O) groups is 5. The number of nitrogens with one attached hydrogen (secondary N) is 2. The van der Waals surface area contributed by atoms with E-state index in [9.17, 15) is 29.1 Å². The van der Waals surface area contributed by atoms with Crippen LogP contribution in [0.25, 0.3) is 0 Å². The highest BCUT2D eigenvalue weighted by atomic mass is 16.6. The van der Waals surface area contributed by atoms with Gasteiger partial charge in [0.2, 0.25) is 11.8 Å². The van der Waals surface area contributed by atoms with Crippen molar-refractivity contribution in [3.8, 4) is 0 Å². The zero-order chi connectivity index (χ0) is 32.2. The summed E-state index contributed by atoms with van der Waals surface area (Å²) >= 11 is 0. The highest BCUT2D eigenvalue weighted by molar-refractivity contribution is 5.75. The van der Waals surface area contributed by atoms with Crippen LogP contribution in [-0.4, -0.2) is 96.8 Å². The lowest BCUT2D eigenvalue weighted by Crippen LogP contribution is -2.63. The summed E-state index contributed by atoms with van der Waals surface area (Å²) in [5, 5.41) is 23.7. The zero-order valence-electron chi connectivity index (χ0n) is 26.1. The molecule has 0 aromatic heterocycles. The number of esters is 3. The third-order valence-corrected chi connectivity index (χ3v) is 7.18. The van der Waals surface area contributed by atoms with Crippen LogP contribution in [0, 0.1) is 5.92 Å². The molecule has 0 aromatic rings. The molecule has 0 heterocycles. The van der Waals surface area contributed by atoms with Crippen LogP contribution in [0.3, 0.4) is 0 Å². The maximum atomic E-state index is 12.0. The van der Waals surface area contributed by atoms with Crippen molar-refractivity contribution in [2.24, 2.45) is 5.92 Å². The molecule has 6 atom stereocenters. The fraction of sp³-hybridized carbons (Fsp3) is 0.833. The lowest BCUT2D eigenvalue weighted by molar-refractivity contribution is -0.193. The molecule has 1 saturated carbocycles. The van der Waals surface area contributed by atoms with E-state index in [1.807, 2.05) is 0 Å². The summed E-state index contributed by atoms with van der Waals surface area (Å²) in [7, 11) is 0. The van der Waals surface area contributed by atoms with Crippen LogP contribution in [0.15, 0.2) is 0 Å². The maximum absolute atomic E-state index is 12.0. The molecule has 1 fully saturated rings. The number of amides is 2. The summed E-state index contributed by atoms with van der Waals surface area (Å²) in [5.74, 6) is -2.56. The molecule has 2 amide bonds. The molecule has 1 unspecified atom stereocenters. The number of unbranched alkanes of at least 4 members (excludes halogenated alkanes) is 6. The van der Waals surface area contributed by atoms with E-state index in [0.29, 0.717) is 38.8 Å². The van der Waals surface area contributed by atoms with Gasteiger partial charge in [0.25, 0.3) is 0 Å². The molecule has 0 radical (unpaired) electrons. The van der Waals surface area contributed by atoms with Crippen molar-refractivity contribution >= 4 is 29.7 Å². The summed E-state index contributed by atoms with van der Waals surface area (Å²) < 4.78 is 22.4. The SMILES string of the molecule is CC(=O)N[C@@H]1[C@@H](OC(C)=O)[C@@H](OC(C)=O)[C@@H](COC(C)=O)C[C@H]1OCCCCCCCCCC(=O)NCCCC(O)CO. The Labute approximate surface area is 254 Å². The van der Waals surface area contributed by atoms with Crippen LogP contribution in [0.1, 0.15) is 98.3 Å². The maximum Gasteiger partial charge on any atom is 0.303 e. The van der Waals surface area contributed by atoms with Gasteiger partial charge in [-0.3, -0.25) is 24.0 Å². The van der Waals surface area contributed by atoms with E-state index >= 15 is 0 Å². The van der Waals surface area contributed by atoms with Crippen molar-refractivity contribution in [2.45, 2.75) is 129 Å². The standard InChI is InChI=1S/C30H52N2O11/c1-20(34)32-28-26(17-24(19-41-21(2)35)29(42-22(3)36)30(28)43-23(4)37)40-16-11-9-7-5-6-8-10-14-27(39)31-15-12-13-25(38)18-33/h24-26,28-30,33,38H,5-19H2,1-4H3,(H,31,39)(H,32,34)/t24-,25?,26-,28+,29+,30-/m1/s1. The minimum atomic E-state index is -1.02. The third-order valence-electron chi connectivity index (χ3n) is 7.18. The van der Waals surface area contributed by atoms with E-state index in [1.165, 1.54) is 27.7 Å². The van der Waals surface area contributed by atoms with Crippen molar-refractivity contribution in [1.82, 2.24) is 10.6 Å². The molecular weight excluding hydrogens is 564 g/mol. The van der Waals surface area contributed by atoms with Crippen LogP contribution >= 0.6 is 0 Å². The van der Waals surface area contributed by atoms with Gasteiger partial charge in [0.1, 0.15) is 6.10 Å². The molecule has 1 aliphatic rings. The van der Waals surface area contributed by atoms with Gasteiger partial charge in [-0.1, -0.05) is 32.1 Å². The number of ether oxygens (including phenoxy) is 4. The van der Waals surface area contributed by atoms with Gasteiger partial charge in [0, 0.05) is 53.2 Å². The molecule has 1 rings (SSSR count). The molecular formula is C30H52N2O11. The molecule has 0 aliphatic heterocycles. The van der Waals surface area contributed by atoms with Crippen molar-refractivity contribution in [2.75, 3.05) is 26.4 Å². The van der Waals surface area contributed by atoms with Crippen molar-refractivity contribution in [1.29, 1.82) is 0 Å². The summed E-state index contributed by atoms with van der Waals surface area (Å²) in [6, 6.07) is -0.760. The first kappa shape index (κ1) is 38.3. The molecule has 248 valence electrons. The molecule has 0 bridgehead atoms. The van der Waals surface area contributed by atoms with Crippen LogP contribution < -0.4 is 10.6 Å². The predicted octanol–water partition coefficient (Wildman–Crippen LogP) is 1.69. The molecule has 13 nitrogen and oxygen atoms in total. The van der Waals surface area contributed by atoms with Crippen LogP contribution in [-0.2, 0) is 42.9 Å². The third kappa shape index (κ3) is 17.2. The summed E-state index contributed by atoms with van der Waals surface area (Å²) in [4.78, 5) is 59.2. The topological polar surface area (TPSA) is 187 Å². The molecule has 0 spiro atoms. The lowest BCUT2D eigenvalue weighted by atomic mass is 9.79. The lowest BCUT2D eigenvalue weighted by Gasteiger charge is -2.45. The van der Waals surface area contributed by atoms with Gasteiger partial charge in [-0.05, 0) is 32.1 Å². The van der Waals surface area contributed by atoms with E-state index in [4.69, 9.17) is 24.1 Å². The van der Waals surface area contributed by atoms with Gasteiger partial charge in [-0.2, -0.15) is 0 Å². The van der Waals surface area contributed by atoms with E-state index in [1.54, 1.807) is 0 Å². The van der Waals surface area contributed by atoms with Gasteiger partial charge in [-0.25, -0.2) is 0 Å². The number of aliphatic hydroxyl groups excluding tert-OH is 2. The van der Waals surface area contributed by atoms with Crippen molar-refractivity contribution < 1.29 is 53.1 Å². The fourth-order valence-electron chi connectivity index (χ4n) is 5.17. The average Bonchev–Trinajstić information content (AvgIpc) is 2.92. The molecule has 13 heteroatoms. The Kier molecular flexibility index (Phi) is 19.4. The quantitative estimate of drug-likeness (QED) is 0.0835. The first-order chi connectivity index (χ1) is 20.4. The molecule has 43 heavy (non-hydrogen) atoms. The zero-order valence-corrected chi connectivity index (χ0v) is 26.1. The van der Waals surface area contributed by atoms with Gasteiger partial charge >= 0.3 is 17.9 Å².